The molecule has 3 rings (SSSR count). The Kier molecular flexibility index (Phi) is 5.25. The van der Waals surface area contributed by atoms with Gasteiger partial charge in [0.2, 0.25) is 0 Å². The van der Waals surface area contributed by atoms with E-state index in [4.69, 9.17) is 0 Å². The summed E-state index contributed by atoms with van der Waals surface area (Å²) in [5.74, 6) is 0.647. The standard InChI is InChI=1S/C22H20O2S/c1-15(2)16-5-11-20(12-6-16)25-21-13-7-18(8-14-21)22(24)17-3-9-19(23)10-4-17/h3-15,23H,1-2H3. The third kappa shape index (κ3) is 4.31. The maximum atomic E-state index is 12.4. The van der Waals surface area contributed by atoms with E-state index in [0.717, 1.165) is 4.90 Å². The average Bonchev–Trinajstić information content (AvgIpc) is 2.63. The third-order valence-corrected chi connectivity index (χ3v) is 5.04. The number of phenols is 1. The number of phenolic OH excluding ortho intramolecular Hbond substituents is 1. The van der Waals surface area contributed by atoms with E-state index in [1.807, 2.05) is 24.3 Å². The van der Waals surface area contributed by atoms with Crippen LogP contribution in [0.15, 0.2) is 82.6 Å². The molecule has 1 N–H and O–H groups in total. The molecule has 2 nitrogen and oxygen atoms in total. The minimum absolute atomic E-state index is 0.0437. The van der Waals surface area contributed by atoms with Crippen LogP contribution in [-0.4, -0.2) is 10.9 Å². The van der Waals surface area contributed by atoms with Gasteiger partial charge in [-0.05, 0) is 72.1 Å². The van der Waals surface area contributed by atoms with Gasteiger partial charge in [0.15, 0.2) is 5.78 Å². The minimum Gasteiger partial charge on any atom is -0.508 e. The van der Waals surface area contributed by atoms with Crippen molar-refractivity contribution in [1.29, 1.82) is 0 Å². The molecule has 0 bridgehead atoms. The van der Waals surface area contributed by atoms with Crippen LogP contribution in [0.3, 0.4) is 0 Å². The fraction of sp³-hybridized carbons (Fsp3) is 0.136. The normalized spacial score (nSPS) is 10.8. The van der Waals surface area contributed by atoms with Gasteiger partial charge in [-0.1, -0.05) is 37.7 Å². The molecule has 0 aromatic heterocycles. The summed E-state index contributed by atoms with van der Waals surface area (Å²) >= 11 is 1.68. The van der Waals surface area contributed by atoms with Crippen LogP contribution in [0, 0.1) is 0 Å². The number of aromatic hydroxyl groups is 1. The highest BCUT2D eigenvalue weighted by molar-refractivity contribution is 7.99. The van der Waals surface area contributed by atoms with Gasteiger partial charge in [-0.15, -0.1) is 0 Å². The Labute approximate surface area is 152 Å². The predicted octanol–water partition coefficient (Wildman–Crippen LogP) is 5.90. The fourth-order valence-electron chi connectivity index (χ4n) is 2.51. The Hall–Kier alpha value is -2.52. The Morgan fingerprint density at radius 2 is 1.20 bits per heavy atom. The summed E-state index contributed by atoms with van der Waals surface area (Å²) in [6, 6.07) is 22.5. The van der Waals surface area contributed by atoms with Gasteiger partial charge in [0.05, 0.1) is 0 Å². The van der Waals surface area contributed by atoms with Gasteiger partial charge in [0.1, 0.15) is 5.75 Å². The maximum absolute atomic E-state index is 12.4. The second-order valence-electron chi connectivity index (χ2n) is 6.23. The van der Waals surface area contributed by atoms with E-state index >= 15 is 0 Å². The van der Waals surface area contributed by atoms with E-state index in [-0.39, 0.29) is 11.5 Å². The van der Waals surface area contributed by atoms with Crippen LogP contribution in [-0.2, 0) is 0 Å². The van der Waals surface area contributed by atoms with E-state index in [2.05, 4.69) is 38.1 Å². The Morgan fingerprint density at radius 3 is 1.68 bits per heavy atom. The first-order chi connectivity index (χ1) is 12.0. The summed E-state index contributed by atoms with van der Waals surface area (Å²) in [7, 11) is 0. The van der Waals surface area contributed by atoms with Gasteiger partial charge in [-0.3, -0.25) is 4.79 Å². The molecule has 0 unspecified atom stereocenters. The third-order valence-electron chi connectivity index (χ3n) is 4.03. The molecule has 3 aromatic carbocycles. The SMILES string of the molecule is CC(C)c1ccc(Sc2ccc(C(=O)c3ccc(O)cc3)cc2)cc1. The van der Waals surface area contributed by atoms with Crippen LogP contribution in [0.2, 0.25) is 0 Å². The monoisotopic (exact) mass is 348 g/mol. The molecular formula is C22H20O2S. The van der Waals surface area contributed by atoms with E-state index in [1.165, 1.54) is 22.6 Å². The lowest BCUT2D eigenvalue weighted by Crippen LogP contribution is -2.00. The van der Waals surface area contributed by atoms with Crippen molar-refractivity contribution in [3.8, 4) is 5.75 Å². The zero-order chi connectivity index (χ0) is 17.8. The molecule has 0 fully saturated rings. The van der Waals surface area contributed by atoms with Crippen LogP contribution in [0.5, 0.6) is 5.75 Å². The van der Waals surface area contributed by atoms with Crippen molar-refractivity contribution in [2.75, 3.05) is 0 Å². The Morgan fingerprint density at radius 1 is 0.760 bits per heavy atom. The van der Waals surface area contributed by atoms with E-state index in [9.17, 15) is 9.90 Å². The zero-order valence-corrected chi connectivity index (χ0v) is 15.1. The molecule has 0 saturated carbocycles. The minimum atomic E-state index is -0.0437. The van der Waals surface area contributed by atoms with Crippen LogP contribution < -0.4 is 0 Å². The molecule has 0 aliphatic rings. The van der Waals surface area contributed by atoms with Crippen molar-refractivity contribution < 1.29 is 9.90 Å². The molecule has 0 aliphatic carbocycles. The first-order valence-electron chi connectivity index (χ1n) is 8.24. The van der Waals surface area contributed by atoms with Crippen LogP contribution in [0.25, 0.3) is 0 Å². The summed E-state index contributed by atoms with van der Waals surface area (Å²) in [5, 5.41) is 9.32. The highest BCUT2D eigenvalue weighted by Gasteiger charge is 2.09. The molecule has 3 heteroatoms. The lowest BCUT2D eigenvalue weighted by Gasteiger charge is -2.07. The van der Waals surface area contributed by atoms with Crippen LogP contribution in [0.1, 0.15) is 41.3 Å². The predicted molar refractivity (Wildman–Crippen MR) is 103 cm³/mol. The van der Waals surface area contributed by atoms with E-state index in [0.29, 0.717) is 17.0 Å². The average molecular weight is 348 g/mol. The van der Waals surface area contributed by atoms with Crippen molar-refractivity contribution in [3.63, 3.8) is 0 Å². The lowest BCUT2D eigenvalue weighted by atomic mass is 10.0. The fourth-order valence-corrected chi connectivity index (χ4v) is 3.33. The zero-order valence-electron chi connectivity index (χ0n) is 14.3. The molecule has 126 valence electrons. The number of ketones is 1. The summed E-state index contributed by atoms with van der Waals surface area (Å²) in [6.45, 7) is 4.37. The van der Waals surface area contributed by atoms with Crippen LogP contribution in [0.4, 0.5) is 0 Å². The molecule has 25 heavy (non-hydrogen) atoms. The molecule has 0 amide bonds. The number of hydrogen-bond acceptors (Lipinski definition) is 3. The first kappa shape index (κ1) is 17.3. The maximum Gasteiger partial charge on any atom is 0.193 e. The van der Waals surface area contributed by atoms with Gasteiger partial charge in [-0.25, -0.2) is 0 Å². The molecule has 0 radical (unpaired) electrons. The van der Waals surface area contributed by atoms with Gasteiger partial charge in [0.25, 0.3) is 0 Å². The Balaban J connectivity index is 1.71. The first-order valence-corrected chi connectivity index (χ1v) is 9.06. The number of benzene rings is 3. The number of carbonyl (C=O) groups excluding carboxylic acids is 1. The van der Waals surface area contributed by atoms with Gasteiger partial charge in [-0.2, -0.15) is 0 Å². The number of rotatable bonds is 5. The number of hydrogen-bond donors (Lipinski definition) is 1. The van der Waals surface area contributed by atoms with Crippen molar-refractivity contribution in [1.82, 2.24) is 0 Å². The molecule has 0 saturated heterocycles. The number of carbonyl (C=O) groups is 1. The molecule has 0 spiro atoms. The second-order valence-corrected chi connectivity index (χ2v) is 7.37. The van der Waals surface area contributed by atoms with Crippen molar-refractivity contribution in [3.05, 3.63) is 89.5 Å². The summed E-state index contributed by atoms with van der Waals surface area (Å²) in [6.07, 6.45) is 0. The summed E-state index contributed by atoms with van der Waals surface area (Å²) < 4.78 is 0. The largest absolute Gasteiger partial charge is 0.508 e. The van der Waals surface area contributed by atoms with E-state index < -0.39 is 0 Å². The Bertz CT molecular complexity index is 848. The van der Waals surface area contributed by atoms with Crippen molar-refractivity contribution in [2.24, 2.45) is 0 Å². The van der Waals surface area contributed by atoms with Gasteiger partial charge in [0, 0.05) is 20.9 Å². The summed E-state index contributed by atoms with van der Waals surface area (Å²) in [4.78, 5) is 14.7. The van der Waals surface area contributed by atoms with Crippen molar-refractivity contribution in [2.45, 2.75) is 29.6 Å². The molecule has 3 aromatic rings. The molecular weight excluding hydrogens is 328 g/mol. The van der Waals surface area contributed by atoms with Gasteiger partial charge < -0.3 is 5.11 Å². The quantitative estimate of drug-likeness (QED) is 0.583. The van der Waals surface area contributed by atoms with Gasteiger partial charge >= 0.3 is 0 Å². The van der Waals surface area contributed by atoms with Crippen molar-refractivity contribution >= 4 is 17.5 Å². The lowest BCUT2D eigenvalue weighted by molar-refractivity contribution is 0.103. The molecule has 0 aliphatic heterocycles. The topological polar surface area (TPSA) is 37.3 Å². The molecule has 0 atom stereocenters. The molecule has 0 heterocycles. The van der Waals surface area contributed by atoms with Crippen LogP contribution >= 0.6 is 11.8 Å². The summed E-state index contributed by atoms with van der Waals surface area (Å²) in [5.41, 5.74) is 2.55. The second kappa shape index (κ2) is 7.58. The highest BCUT2D eigenvalue weighted by atomic mass is 32.2. The van der Waals surface area contributed by atoms with E-state index in [1.54, 1.807) is 23.9 Å². The smallest absolute Gasteiger partial charge is 0.193 e. The highest BCUT2D eigenvalue weighted by Crippen LogP contribution is 2.29.